The molecule has 0 saturated heterocycles. The number of hydrogen-bond acceptors (Lipinski definition) is 2. The number of hydrogen-bond donors (Lipinski definition) is 1. The molecule has 0 bridgehead atoms. The average Bonchev–Trinajstić information content (AvgIpc) is 2.61. The summed E-state index contributed by atoms with van der Waals surface area (Å²) >= 11 is 0. The van der Waals surface area contributed by atoms with E-state index in [0.717, 1.165) is 36.0 Å². The Kier molecular flexibility index (Phi) is 3.79. The lowest BCUT2D eigenvalue weighted by Crippen LogP contribution is -2.26. The van der Waals surface area contributed by atoms with Gasteiger partial charge in [0.25, 0.3) is 5.91 Å². The second kappa shape index (κ2) is 6.10. The van der Waals surface area contributed by atoms with Gasteiger partial charge in [-0.3, -0.25) is 4.79 Å². The third-order valence-electron chi connectivity index (χ3n) is 4.70. The molecule has 0 fully saturated rings. The van der Waals surface area contributed by atoms with Gasteiger partial charge in [0.2, 0.25) is 0 Å². The molecule has 3 nitrogen and oxygen atoms in total. The fourth-order valence-corrected chi connectivity index (χ4v) is 3.40. The summed E-state index contributed by atoms with van der Waals surface area (Å²) in [4.78, 5) is 15.0. The maximum absolute atomic E-state index is 12.7. The van der Waals surface area contributed by atoms with E-state index in [1.54, 1.807) is 0 Å². The average molecular weight is 316 g/mol. The van der Waals surface area contributed by atoms with Crippen LogP contribution in [-0.2, 0) is 13.0 Å². The van der Waals surface area contributed by atoms with E-state index in [-0.39, 0.29) is 5.91 Å². The van der Waals surface area contributed by atoms with Crippen molar-refractivity contribution in [1.82, 2.24) is 4.90 Å². The molecule has 24 heavy (non-hydrogen) atoms. The lowest BCUT2D eigenvalue weighted by atomic mass is 9.99. The van der Waals surface area contributed by atoms with Crippen LogP contribution in [0.25, 0.3) is 10.8 Å². The Hall–Kier alpha value is -2.65. The second-order valence-corrected chi connectivity index (χ2v) is 6.45. The van der Waals surface area contributed by atoms with Crippen molar-refractivity contribution in [3.63, 3.8) is 0 Å². The van der Waals surface area contributed by atoms with E-state index in [1.165, 1.54) is 11.1 Å². The van der Waals surface area contributed by atoms with E-state index < -0.39 is 0 Å². The lowest BCUT2D eigenvalue weighted by molar-refractivity contribution is 0.102. The third-order valence-corrected chi connectivity index (χ3v) is 4.70. The molecule has 0 atom stereocenters. The Balaban J connectivity index is 1.63. The SMILES string of the molecule is CN1CCc2ccc(NC(=O)c3cccc4ccccc34)cc2C1. The number of rotatable bonds is 2. The molecule has 120 valence electrons. The zero-order valence-corrected chi connectivity index (χ0v) is 13.8. The summed E-state index contributed by atoms with van der Waals surface area (Å²) in [7, 11) is 2.13. The first-order chi connectivity index (χ1) is 11.7. The molecule has 0 unspecified atom stereocenters. The summed E-state index contributed by atoms with van der Waals surface area (Å²) in [5.74, 6) is -0.0593. The highest BCUT2D eigenvalue weighted by Gasteiger charge is 2.15. The standard InChI is InChI=1S/C21H20N2O/c1-23-12-11-15-9-10-18(13-17(15)14-23)22-21(24)20-8-4-6-16-5-2-3-7-19(16)20/h2-10,13H,11-12,14H2,1H3,(H,22,24). The van der Waals surface area contributed by atoms with Crippen LogP contribution in [0.4, 0.5) is 5.69 Å². The van der Waals surface area contributed by atoms with Crippen molar-refractivity contribution in [1.29, 1.82) is 0 Å². The topological polar surface area (TPSA) is 32.3 Å². The molecule has 0 spiro atoms. The van der Waals surface area contributed by atoms with Crippen LogP contribution >= 0.6 is 0 Å². The summed E-state index contributed by atoms with van der Waals surface area (Å²) < 4.78 is 0. The summed E-state index contributed by atoms with van der Waals surface area (Å²) in [6, 6.07) is 20.1. The highest BCUT2D eigenvalue weighted by Crippen LogP contribution is 2.24. The van der Waals surface area contributed by atoms with Gasteiger partial charge < -0.3 is 10.2 Å². The van der Waals surface area contributed by atoms with E-state index >= 15 is 0 Å². The Labute approximate surface area is 141 Å². The van der Waals surface area contributed by atoms with Crippen molar-refractivity contribution >= 4 is 22.4 Å². The van der Waals surface area contributed by atoms with E-state index in [0.29, 0.717) is 5.56 Å². The number of carbonyl (C=O) groups excluding carboxylic acids is 1. The van der Waals surface area contributed by atoms with Crippen molar-refractivity contribution in [3.8, 4) is 0 Å². The Morgan fingerprint density at radius 2 is 1.83 bits per heavy atom. The molecule has 1 amide bonds. The first-order valence-electron chi connectivity index (χ1n) is 8.30. The van der Waals surface area contributed by atoms with E-state index in [2.05, 4.69) is 29.4 Å². The zero-order chi connectivity index (χ0) is 16.5. The molecule has 0 saturated carbocycles. The first kappa shape index (κ1) is 14.9. The van der Waals surface area contributed by atoms with Crippen LogP contribution in [0, 0.1) is 0 Å². The minimum absolute atomic E-state index is 0.0593. The maximum atomic E-state index is 12.7. The van der Waals surface area contributed by atoms with Gasteiger partial charge in [0.05, 0.1) is 0 Å². The quantitative estimate of drug-likeness (QED) is 0.772. The van der Waals surface area contributed by atoms with E-state index in [4.69, 9.17) is 0 Å². The first-order valence-corrected chi connectivity index (χ1v) is 8.30. The minimum Gasteiger partial charge on any atom is -0.322 e. The molecule has 1 aliphatic heterocycles. The smallest absolute Gasteiger partial charge is 0.256 e. The van der Waals surface area contributed by atoms with Gasteiger partial charge in [-0.25, -0.2) is 0 Å². The number of carbonyl (C=O) groups is 1. The third kappa shape index (κ3) is 2.79. The highest BCUT2D eigenvalue weighted by atomic mass is 16.1. The molecule has 3 heteroatoms. The summed E-state index contributed by atoms with van der Waals surface area (Å²) in [5.41, 5.74) is 4.26. The van der Waals surface area contributed by atoms with Crippen molar-refractivity contribution < 1.29 is 4.79 Å². The molecule has 0 aliphatic carbocycles. The van der Waals surface area contributed by atoms with Crippen molar-refractivity contribution in [2.75, 3.05) is 18.9 Å². The monoisotopic (exact) mass is 316 g/mol. The molecule has 4 rings (SSSR count). The van der Waals surface area contributed by atoms with Crippen LogP contribution in [0.5, 0.6) is 0 Å². The molecule has 1 heterocycles. The van der Waals surface area contributed by atoms with Gasteiger partial charge in [0.15, 0.2) is 0 Å². The predicted octanol–water partition coefficient (Wildman–Crippen LogP) is 4.08. The summed E-state index contributed by atoms with van der Waals surface area (Å²) in [6.07, 6.45) is 1.07. The number of likely N-dealkylation sites (N-methyl/N-ethyl adjacent to an activating group) is 1. The van der Waals surface area contributed by atoms with Gasteiger partial charge in [-0.1, -0.05) is 42.5 Å². The van der Waals surface area contributed by atoms with Gasteiger partial charge >= 0.3 is 0 Å². The van der Waals surface area contributed by atoms with Gasteiger partial charge in [0.1, 0.15) is 0 Å². The predicted molar refractivity (Wildman–Crippen MR) is 98.4 cm³/mol. The summed E-state index contributed by atoms with van der Waals surface area (Å²) in [6.45, 7) is 2.03. The van der Waals surface area contributed by atoms with E-state index in [9.17, 15) is 4.79 Å². The maximum Gasteiger partial charge on any atom is 0.256 e. The molecule has 1 N–H and O–H groups in total. The Bertz CT molecular complexity index is 911. The van der Waals surface area contributed by atoms with E-state index in [1.807, 2.05) is 48.5 Å². The number of nitrogens with zero attached hydrogens (tertiary/aromatic N) is 1. The van der Waals surface area contributed by atoms with Crippen molar-refractivity contribution in [3.05, 3.63) is 77.4 Å². The second-order valence-electron chi connectivity index (χ2n) is 6.45. The lowest BCUT2D eigenvalue weighted by Gasteiger charge is -2.25. The minimum atomic E-state index is -0.0593. The Morgan fingerprint density at radius 1 is 1.00 bits per heavy atom. The Morgan fingerprint density at radius 3 is 2.75 bits per heavy atom. The van der Waals surface area contributed by atoms with Crippen LogP contribution in [0.2, 0.25) is 0 Å². The van der Waals surface area contributed by atoms with Gasteiger partial charge in [-0.15, -0.1) is 0 Å². The molecule has 3 aromatic carbocycles. The molecule has 1 aliphatic rings. The molecule has 0 radical (unpaired) electrons. The largest absolute Gasteiger partial charge is 0.322 e. The van der Waals surface area contributed by atoms with Crippen molar-refractivity contribution in [2.24, 2.45) is 0 Å². The fourth-order valence-electron chi connectivity index (χ4n) is 3.40. The fraction of sp³-hybridized carbons (Fsp3) is 0.190. The zero-order valence-electron chi connectivity index (χ0n) is 13.8. The van der Waals surface area contributed by atoms with Crippen molar-refractivity contribution in [2.45, 2.75) is 13.0 Å². The molecule has 3 aromatic rings. The van der Waals surface area contributed by atoms with Gasteiger partial charge in [0, 0.05) is 24.3 Å². The number of benzene rings is 3. The molecule has 0 aromatic heterocycles. The molecular weight excluding hydrogens is 296 g/mol. The number of fused-ring (bicyclic) bond motifs is 2. The van der Waals surface area contributed by atoms with Crippen LogP contribution < -0.4 is 5.32 Å². The molecular formula is C21H20N2O. The van der Waals surface area contributed by atoms with Crippen LogP contribution in [0.15, 0.2) is 60.7 Å². The van der Waals surface area contributed by atoms with Gasteiger partial charge in [-0.2, -0.15) is 0 Å². The number of nitrogens with one attached hydrogen (secondary N) is 1. The van der Waals surface area contributed by atoms with Crippen LogP contribution in [0.3, 0.4) is 0 Å². The van der Waals surface area contributed by atoms with Crippen LogP contribution in [-0.4, -0.2) is 24.4 Å². The van der Waals surface area contributed by atoms with Gasteiger partial charge in [-0.05, 0) is 53.6 Å². The summed E-state index contributed by atoms with van der Waals surface area (Å²) in [5, 5.41) is 5.12. The normalized spacial score (nSPS) is 14.4. The number of amides is 1. The highest BCUT2D eigenvalue weighted by molar-refractivity contribution is 6.12. The van der Waals surface area contributed by atoms with Crippen LogP contribution in [0.1, 0.15) is 21.5 Å². The number of anilines is 1.